The molecule has 0 N–H and O–H groups in total. The number of hydrogen-bond acceptors (Lipinski definition) is 3. The summed E-state index contributed by atoms with van der Waals surface area (Å²) in [7, 11) is 0. The summed E-state index contributed by atoms with van der Waals surface area (Å²) in [5, 5.41) is 8.77. The van der Waals surface area contributed by atoms with Gasteiger partial charge in [0.1, 0.15) is 0 Å². The van der Waals surface area contributed by atoms with Gasteiger partial charge in [-0.05, 0) is 13.3 Å². The maximum absolute atomic E-state index is 11.6. The summed E-state index contributed by atoms with van der Waals surface area (Å²) >= 11 is 0. The van der Waals surface area contributed by atoms with Crippen LogP contribution in [0.3, 0.4) is 0 Å². The number of amides is 1. The molecule has 0 spiro atoms. The molecule has 84 valence electrons. The van der Waals surface area contributed by atoms with Gasteiger partial charge in [-0.1, -0.05) is 6.92 Å². The number of rotatable bonds is 3. The Balaban J connectivity index is 2.36. The highest BCUT2D eigenvalue weighted by atomic mass is 16.2. The van der Waals surface area contributed by atoms with Crippen LogP contribution in [-0.2, 0) is 4.79 Å². The molecule has 0 aliphatic carbocycles. The minimum Gasteiger partial charge on any atom is -0.340 e. The Hall–Kier alpha value is -1.08. The third-order valence-electron chi connectivity index (χ3n) is 2.87. The monoisotopic (exact) mass is 209 g/mol. The van der Waals surface area contributed by atoms with Gasteiger partial charge in [-0.25, -0.2) is 0 Å². The lowest BCUT2D eigenvalue weighted by Gasteiger charge is -2.35. The Morgan fingerprint density at radius 1 is 1.40 bits per heavy atom. The Bertz CT molecular complexity index is 251. The largest absolute Gasteiger partial charge is 0.340 e. The van der Waals surface area contributed by atoms with Crippen molar-refractivity contribution in [1.82, 2.24) is 9.80 Å². The molecular formula is C11H19N3O. The summed E-state index contributed by atoms with van der Waals surface area (Å²) < 4.78 is 0. The van der Waals surface area contributed by atoms with E-state index in [-0.39, 0.29) is 11.9 Å². The van der Waals surface area contributed by atoms with Crippen molar-refractivity contribution in [2.24, 2.45) is 0 Å². The van der Waals surface area contributed by atoms with Gasteiger partial charge in [0.2, 0.25) is 5.91 Å². The molecule has 4 nitrogen and oxygen atoms in total. The molecule has 1 saturated heterocycles. The quantitative estimate of drug-likeness (QED) is 0.692. The van der Waals surface area contributed by atoms with E-state index >= 15 is 0 Å². The first-order valence-corrected chi connectivity index (χ1v) is 5.60. The standard InChI is InChI=1S/C11H19N3O/c1-3-4-11(15)14-7-5-13(6-8-14)10(2)9-12/h10H,3-8H2,1-2H3. The number of carbonyl (C=O) groups is 1. The van der Waals surface area contributed by atoms with Gasteiger partial charge >= 0.3 is 0 Å². The highest BCUT2D eigenvalue weighted by Crippen LogP contribution is 2.07. The zero-order valence-electron chi connectivity index (χ0n) is 9.57. The van der Waals surface area contributed by atoms with Crippen LogP contribution in [0.2, 0.25) is 0 Å². The van der Waals surface area contributed by atoms with Gasteiger partial charge in [-0.15, -0.1) is 0 Å². The van der Waals surface area contributed by atoms with Crippen LogP contribution in [0.15, 0.2) is 0 Å². The molecule has 0 aromatic rings. The molecule has 1 atom stereocenters. The summed E-state index contributed by atoms with van der Waals surface area (Å²) in [5.74, 6) is 0.252. The van der Waals surface area contributed by atoms with Crippen LogP contribution in [0, 0.1) is 11.3 Å². The van der Waals surface area contributed by atoms with Gasteiger partial charge in [0.25, 0.3) is 0 Å². The first-order valence-electron chi connectivity index (χ1n) is 5.60. The SMILES string of the molecule is CCCC(=O)N1CCN(C(C)C#N)CC1. The topological polar surface area (TPSA) is 47.3 Å². The summed E-state index contributed by atoms with van der Waals surface area (Å²) in [6.07, 6.45) is 1.56. The van der Waals surface area contributed by atoms with Crippen LogP contribution < -0.4 is 0 Å². The molecule has 0 saturated carbocycles. The molecule has 1 amide bonds. The molecule has 1 fully saturated rings. The van der Waals surface area contributed by atoms with E-state index in [9.17, 15) is 4.79 Å². The van der Waals surface area contributed by atoms with Gasteiger partial charge < -0.3 is 4.90 Å². The predicted octanol–water partition coefficient (Wildman–Crippen LogP) is 0.843. The lowest BCUT2D eigenvalue weighted by Crippen LogP contribution is -2.51. The van der Waals surface area contributed by atoms with Crippen LogP contribution in [0.4, 0.5) is 0 Å². The first kappa shape index (κ1) is 12.0. The fraction of sp³-hybridized carbons (Fsp3) is 0.818. The number of hydrogen-bond donors (Lipinski definition) is 0. The van der Waals surface area contributed by atoms with Gasteiger partial charge in [-0.3, -0.25) is 9.69 Å². The molecule has 1 aliphatic heterocycles. The number of piperazine rings is 1. The fourth-order valence-electron chi connectivity index (χ4n) is 1.81. The van der Waals surface area contributed by atoms with Crippen molar-refractivity contribution < 1.29 is 4.79 Å². The Kier molecular flexibility index (Phi) is 4.57. The third-order valence-corrected chi connectivity index (χ3v) is 2.87. The maximum atomic E-state index is 11.6. The van der Waals surface area contributed by atoms with E-state index in [2.05, 4.69) is 11.0 Å². The first-order chi connectivity index (χ1) is 7.19. The highest BCUT2D eigenvalue weighted by Gasteiger charge is 2.22. The van der Waals surface area contributed by atoms with Crippen LogP contribution in [0.1, 0.15) is 26.7 Å². The smallest absolute Gasteiger partial charge is 0.222 e. The van der Waals surface area contributed by atoms with Gasteiger partial charge in [-0.2, -0.15) is 5.26 Å². The molecule has 0 aromatic heterocycles. The van der Waals surface area contributed by atoms with Crippen molar-refractivity contribution in [1.29, 1.82) is 5.26 Å². The summed E-state index contributed by atoms with van der Waals surface area (Å²) in [6, 6.07) is 2.19. The van der Waals surface area contributed by atoms with Gasteiger partial charge in [0.05, 0.1) is 12.1 Å². The molecule has 15 heavy (non-hydrogen) atoms. The van der Waals surface area contributed by atoms with Crippen LogP contribution >= 0.6 is 0 Å². The zero-order valence-corrected chi connectivity index (χ0v) is 9.57. The lowest BCUT2D eigenvalue weighted by molar-refractivity contribution is -0.133. The minimum atomic E-state index is -0.0339. The van der Waals surface area contributed by atoms with E-state index in [4.69, 9.17) is 5.26 Å². The minimum absolute atomic E-state index is 0.0339. The molecule has 1 rings (SSSR count). The predicted molar refractivity (Wildman–Crippen MR) is 58.1 cm³/mol. The van der Waals surface area contributed by atoms with E-state index in [1.165, 1.54) is 0 Å². The number of carbonyl (C=O) groups excluding carboxylic acids is 1. The normalized spacial score (nSPS) is 19.7. The van der Waals surface area contributed by atoms with Crippen LogP contribution in [0.25, 0.3) is 0 Å². The molecule has 1 heterocycles. The van der Waals surface area contributed by atoms with Crippen molar-refractivity contribution in [2.75, 3.05) is 26.2 Å². The number of nitriles is 1. The summed E-state index contributed by atoms with van der Waals surface area (Å²) in [6.45, 7) is 7.11. The Morgan fingerprint density at radius 2 is 2.00 bits per heavy atom. The van der Waals surface area contributed by atoms with E-state index < -0.39 is 0 Å². The summed E-state index contributed by atoms with van der Waals surface area (Å²) in [5.41, 5.74) is 0. The number of nitrogens with zero attached hydrogens (tertiary/aromatic N) is 3. The molecule has 1 unspecified atom stereocenters. The zero-order chi connectivity index (χ0) is 11.3. The van der Waals surface area contributed by atoms with Crippen molar-refractivity contribution in [3.05, 3.63) is 0 Å². The van der Waals surface area contributed by atoms with E-state index in [0.717, 1.165) is 32.6 Å². The second-order valence-corrected chi connectivity index (χ2v) is 3.97. The second kappa shape index (κ2) is 5.72. The second-order valence-electron chi connectivity index (χ2n) is 3.97. The van der Waals surface area contributed by atoms with Crippen molar-refractivity contribution >= 4 is 5.91 Å². The van der Waals surface area contributed by atoms with Crippen molar-refractivity contribution in [2.45, 2.75) is 32.7 Å². The molecule has 0 bridgehead atoms. The molecule has 1 aliphatic rings. The van der Waals surface area contributed by atoms with Crippen LogP contribution in [0.5, 0.6) is 0 Å². The van der Waals surface area contributed by atoms with Crippen molar-refractivity contribution in [3.63, 3.8) is 0 Å². The lowest BCUT2D eigenvalue weighted by atomic mass is 10.2. The highest BCUT2D eigenvalue weighted by molar-refractivity contribution is 5.76. The van der Waals surface area contributed by atoms with Gasteiger partial charge in [0.15, 0.2) is 0 Å². The van der Waals surface area contributed by atoms with E-state index in [1.54, 1.807) is 0 Å². The fourth-order valence-corrected chi connectivity index (χ4v) is 1.81. The Labute approximate surface area is 91.5 Å². The molecular weight excluding hydrogens is 190 g/mol. The average Bonchev–Trinajstić information content (AvgIpc) is 2.28. The van der Waals surface area contributed by atoms with E-state index in [0.29, 0.717) is 6.42 Å². The average molecular weight is 209 g/mol. The van der Waals surface area contributed by atoms with E-state index in [1.807, 2.05) is 18.7 Å². The summed E-state index contributed by atoms with van der Waals surface area (Å²) in [4.78, 5) is 15.6. The van der Waals surface area contributed by atoms with Crippen LogP contribution in [-0.4, -0.2) is 47.9 Å². The maximum Gasteiger partial charge on any atom is 0.222 e. The van der Waals surface area contributed by atoms with Gasteiger partial charge in [0, 0.05) is 32.6 Å². The Morgan fingerprint density at radius 3 is 2.47 bits per heavy atom. The molecule has 4 heteroatoms. The molecule has 0 radical (unpaired) electrons. The third kappa shape index (κ3) is 3.21. The van der Waals surface area contributed by atoms with Crippen molar-refractivity contribution in [3.8, 4) is 6.07 Å². The molecule has 0 aromatic carbocycles.